The Labute approximate surface area is 380 Å². The average molecular weight is 833 g/mol. The highest BCUT2D eigenvalue weighted by atomic mass is 16.3. The van der Waals surface area contributed by atoms with Crippen LogP contribution in [0.1, 0.15) is 46.1 Å². The second-order valence-electron chi connectivity index (χ2n) is 16.8. The number of nitrogens with zero attached hydrogens (tertiary/aromatic N) is 2. The maximum Gasteiger partial charge on any atom is 0.142 e. The molecule has 308 valence electrons. The summed E-state index contributed by atoms with van der Waals surface area (Å²) in [6.07, 6.45) is 4.21. The summed E-state index contributed by atoms with van der Waals surface area (Å²) in [6, 6.07) is 81.3. The Bertz CT molecular complexity index is 3350. The lowest BCUT2D eigenvalue weighted by Gasteiger charge is -2.51. The molecule has 0 bridgehead atoms. The Kier molecular flexibility index (Phi) is 9.10. The number of hydrogen-bond donors (Lipinski definition) is 0. The van der Waals surface area contributed by atoms with Gasteiger partial charge in [0.2, 0.25) is 0 Å². The normalized spacial score (nSPS) is 13.4. The lowest BCUT2D eigenvalue weighted by atomic mass is 9.60. The number of benzene rings is 9. The van der Waals surface area contributed by atoms with E-state index in [1.807, 2.05) is 19.1 Å². The van der Waals surface area contributed by atoms with Gasteiger partial charge in [0.05, 0.1) is 28.2 Å². The molecule has 3 heterocycles. The highest BCUT2D eigenvalue weighted by Gasteiger charge is 2.52. The molecule has 3 heteroatoms. The SMILES string of the molecule is C=C(c1ccc2c(c1)C1(c3ccccc3N(c3ccc(-c4ccccc4)cc3)c3ccccc31)c1ccccc1N2c1ccc(-c2ccccc2)cc1)c1oc2ccccc2c1/C=C\C. The van der Waals surface area contributed by atoms with Gasteiger partial charge in [0.1, 0.15) is 11.3 Å². The van der Waals surface area contributed by atoms with Crippen LogP contribution in [0.5, 0.6) is 0 Å². The van der Waals surface area contributed by atoms with Gasteiger partial charge in [-0.25, -0.2) is 0 Å². The molecule has 0 N–H and O–H groups in total. The smallest absolute Gasteiger partial charge is 0.142 e. The van der Waals surface area contributed by atoms with Gasteiger partial charge in [0, 0.05) is 27.9 Å². The van der Waals surface area contributed by atoms with E-state index in [0.717, 1.165) is 67.6 Å². The van der Waals surface area contributed by atoms with E-state index in [1.165, 1.54) is 44.5 Å². The number of para-hydroxylation sites is 4. The molecular weight excluding hydrogens is 789 g/mol. The standard InChI is InChI=1S/C62H44N2O/c1-3-18-51-50-23-10-17-30-60(50)65-61(51)42(2)47-35-40-59-55(41-47)62(54-26-13-16-29-58(54)64(59)49-38-33-46(34-39-49)44-21-8-5-9-22-44)52-24-11-14-27-56(52)63(57-28-15-12-25-53(57)62)48-36-31-45(32-37-48)43-19-6-4-7-20-43/h3-41H,2H2,1H3/b18-3-. The molecule has 0 saturated carbocycles. The van der Waals surface area contributed by atoms with Gasteiger partial charge in [-0.05, 0) is 118 Å². The Hall–Kier alpha value is -8.40. The quantitative estimate of drug-likeness (QED) is 0.159. The third-order valence-corrected chi connectivity index (χ3v) is 13.3. The molecule has 65 heavy (non-hydrogen) atoms. The van der Waals surface area contributed by atoms with Crippen molar-refractivity contribution in [1.82, 2.24) is 0 Å². The molecule has 12 rings (SSSR count). The van der Waals surface area contributed by atoms with Crippen LogP contribution >= 0.6 is 0 Å². The minimum atomic E-state index is -0.726. The van der Waals surface area contributed by atoms with Crippen LogP contribution in [0.3, 0.4) is 0 Å². The van der Waals surface area contributed by atoms with Crippen molar-refractivity contribution >= 4 is 56.7 Å². The molecule has 1 aromatic heterocycles. The highest BCUT2D eigenvalue weighted by Crippen LogP contribution is 2.64. The fourth-order valence-electron chi connectivity index (χ4n) is 10.5. The number of furan rings is 1. The molecule has 0 amide bonds. The van der Waals surface area contributed by atoms with E-state index in [1.54, 1.807) is 0 Å². The van der Waals surface area contributed by atoms with Gasteiger partial charge in [-0.1, -0.05) is 183 Å². The largest absolute Gasteiger partial charge is 0.455 e. The predicted molar refractivity (Wildman–Crippen MR) is 271 cm³/mol. The van der Waals surface area contributed by atoms with Gasteiger partial charge in [-0.15, -0.1) is 0 Å². The molecular formula is C62H44N2O. The summed E-state index contributed by atoms with van der Waals surface area (Å²) >= 11 is 0. The minimum Gasteiger partial charge on any atom is -0.455 e. The van der Waals surface area contributed by atoms with Crippen molar-refractivity contribution in [2.75, 3.05) is 9.80 Å². The Morgan fingerprint density at radius 3 is 1.38 bits per heavy atom. The highest BCUT2D eigenvalue weighted by molar-refractivity contribution is 5.99. The van der Waals surface area contributed by atoms with E-state index in [9.17, 15) is 0 Å². The van der Waals surface area contributed by atoms with Gasteiger partial charge in [0.15, 0.2) is 0 Å². The van der Waals surface area contributed by atoms with Crippen molar-refractivity contribution in [1.29, 1.82) is 0 Å². The number of rotatable bonds is 7. The van der Waals surface area contributed by atoms with E-state index in [4.69, 9.17) is 11.0 Å². The van der Waals surface area contributed by atoms with E-state index >= 15 is 0 Å². The van der Waals surface area contributed by atoms with Crippen molar-refractivity contribution in [3.63, 3.8) is 0 Å². The summed E-state index contributed by atoms with van der Waals surface area (Å²) in [5.74, 6) is 0.775. The van der Waals surface area contributed by atoms with Crippen LogP contribution in [0, 0.1) is 0 Å². The first kappa shape index (κ1) is 38.3. The molecule has 0 atom stereocenters. The molecule has 3 nitrogen and oxygen atoms in total. The second-order valence-corrected chi connectivity index (χ2v) is 16.8. The van der Waals surface area contributed by atoms with Crippen molar-refractivity contribution in [2.45, 2.75) is 12.3 Å². The topological polar surface area (TPSA) is 19.6 Å². The Balaban J connectivity index is 1.11. The van der Waals surface area contributed by atoms with Gasteiger partial charge >= 0.3 is 0 Å². The first-order valence-electron chi connectivity index (χ1n) is 22.3. The predicted octanol–water partition coefficient (Wildman–Crippen LogP) is 16.8. The van der Waals surface area contributed by atoms with E-state index in [-0.39, 0.29) is 0 Å². The van der Waals surface area contributed by atoms with E-state index in [0.29, 0.717) is 0 Å². The Morgan fingerprint density at radius 2 is 0.877 bits per heavy atom. The van der Waals surface area contributed by atoms with Crippen LogP contribution in [0.2, 0.25) is 0 Å². The minimum absolute atomic E-state index is 0.726. The summed E-state index contributed by atoms with van der Waals surface area (Å²) in [7, 11) is 0. The van der Waals surface area contributed by atoms with Crippen LogP contribution in [0.25, 0.3) is 44.9 Å². The number of hydrogen-bond acceptors (Lipinski definition) is 3. The third kappa shape index (κ3) is 5.97. The maximum atomic E-state index is 6.69. The molecule has 1 spiro atoms. The molecule has 10 aromatic rings. The lowest BCUT2D eigenvalue weighted by molar-refractivity contribution is 0.599. The van der Waals surface area contributed by atoms with Crippen LogP contribution in [0.15, 0.2) is 242 Å². The average Bonchev–Trinajstić information content (AvgIpc) is 3.75. The summed E-state index contributed by atoms with van der Waals surface area (Å²) in [5, 5.41) is 1.07. The zero-order valence-electron chi connectivity index (χ0n) is 36.0. The summed E-state index contributed by atoms with van der Waals surface area (Å²) in [5.41, 5.74) is 19.3. The molecule has 0 fully saturated rings. The summed E-state index contributed by atoms with van der Waals surface area (Å²) < 4.78 is 6.69. The van der Waals surface area contributed by atoms with Gasteiger partial charge in [0.25, 0.3) is 0 Å². The van der Waals surface area contributed by atoms with Gasteiger partial charge in [-0.2, -0.15) is 0 Å². The van der Waals surface area contributed by atoms with Crippen molar-refractivity contribution in [3.8, 4) is 22.3 Å². The molecule has 0 unspecified atom stereocenters. The molecule has 0 radical (unpaired) electrons. The molecule has 9 aromatic carbocycles. The summed E-state index contributed by atoms with van der Waals surface area (Å²) in [6.45, 7) is 6.85. The van der Waals surface area contributed by atoms with Crippen molar-refractivity contribution in [2.24, 2.45) is 0 Å². The zero-order valence-corrected chi connectivity index (χ0v) is 36.0. The van der Waals surface area contributed by atoms with Crippen LogP contribution < -0.4 is 9.80 Å². The van der Waals surface area contributed by atoms with Crippen LogP contribution in [-0.2, 0) is 5.41 Å². The number of fused-ring (bicyclic) bond motifs is 9. The van der Waals surface area contributed by atoms with Crippen LogP contribution in [-0.4, -0.2) is 0 Å². The van der Waals surface area contributed by atoms with Gasteiger partial charge < -0.3 is 14.2 Å². The molecule has 2 aliphatic heterocycles. The zero-order chi connectivity index (χ0) is 43.5. The van der Waals surface area contributed by atoms with E-state index < -0.39 is 5.41 Å². The first-order valence-corrected chi connectivity index (χ1v) is 22.3. The molecule has 0 saturated heterocycles. The monoisotopic (exact) mass is 832 g/mol. The summed E-state index contributed by atoms with van der Waals surface area (Å²) in [4.78, 5) is 4.89. The first-order chi connectivity index (χ1) is 32.1. The molecule has 0 aliphatic carbocycles. The Morgan fingerprint density at radius 1 is 0.446 bits per heavy atom. The fourth-order valence-corrected chi connectivity index (χ4v) is 10.5. The maximum absolute atomic E-state index is 6.69. The van der Waals surface area contributed by atoms with E-state index in [2.05, 4.69) is 234 Å². The second kappa shape index (κ2) is 15.4. The third-order valence-electron chi connectivity index (χ3n) is 13.3. The number of anilines is 6. The van der Waals surface area contributed by atoms with Crippen molar-refractivity contribution < 1.29 is 4.42 Å². The number of allylic oxidation sites excluding steroid dienone is 1. The lowest BCUT2D eigenvalue weighted by Crippen LogP contribution is -2.42. The fraction of sp³-hybridized carbons (Fsp3) is 0.0323. The van der Waals surface area contributed by atoms with Crippen LogP contribution in [0.4, 0.5) is 34.1 Å². The van der Waals surface area contributed by atoms with Gasteiger partial charge in [-0.3, -0.25) is 0 Å². The van der Waals surface area contributed by atoms with Crippen molar-refractivity contribution in [3.05, 3.63) is 276 Å². The molecule has 2 aliphatic rings.